The zero-order valence-electron chi connectivity index (χ0n) is 13.8. The SMILES string of the molecule is O=C(CN1CCN(c2nccs2)CC1)Nc1ccc2c(c1)OCCO2. The molecule has 1 fully saturated rings. The van der Waals surface area contributed by atoms with Crippen LogP contribution in [0, 0.1) is 0 Å². The van der Waals surface area contributed by atoms with Crippen LogP contribution < -0.4 is 19.7 Å². The molecule has 0 radical (unpaired) electrons. The molecule has 0 unspecified atom stereocenters. The van der Waals surface area contributed by atoms with Crippen molar-refractivity contribution in [3.63, 3.8) is 0 Å². The van der Waals surface area contributed by atoms with Crippen LogP contribution in [0.25, 0.3) is 0 Å². The molecule has 1 amide bonds. The first-order valence-corrected chi connectivity index (χ1v) is 9.22. The van der Waals surface area contributed by atoms with Crippen molar-refractivity contribution in [1.82, 2.24) is 9.88 Å². The molecule has 1 aromatic heterocycles. The first kappa shape index (κ1) is 16.2. The molecule has 7 nitrogen and oxygen atoms in total. The van der Waals surface area contributed by atoms with Gasteiger partial charge in [0.15, 0.2) is 16.6 Å². The Bertz CT molecular complexity index is 729. The van der Waals surface area contributed by atoms with Gasteiger partial charge in [-0.05, 0) is 12.1 Å². The molecule has 0 saturated carbocycles. The summed E-state index contributed by atoms with van der Waals surface area (Å²) >= 11 is 1.65. The monoisotopic (exact) mass is 360 g/mol. The average molecular weight is 360 g/mol. The first-order chi connectivity index (χ1) is 12.3. The fraction of sp³-hybridized carbons (Fsp3) is 0.412. The van der Waals surface area contributed by atoms with Crippen molar-refractivity contribution >= 4 is 28.1 Å². The summed E-state index contributed by atoms with van der Waals surface area (Å²) in [5, 5.41) is 5.98. The Morgan fingerprint density at radius 1 is 1.16 bits per heavy atom. The van der Waals surface area contributed by atoms with E-state index in [4.69, 9.17) is 9.47 Å². The van der Waals surface area contributed by atoms with Crippen molar-refractivity contribution in [2.45, 2.75) is 0 Å². The second-order valence-corrected chi connectivity index (χ2v) is 6.86. The largest absolute Gasteiger partial charge is 0.486 e. The topological polar surface area (TPSA) is 66.9 Å². The van der Waals surface area contributed by atoms with E-state index in [9.17, 15) is 4.79 Å². The van der Waals surface area contributed by atoms with Crippen LogP contribution in [0.15, 0.2) is 29.8 Å². The Morgan fingerprint density at radius 2 is 1.96 bits per heavy atom. The van der Waals surface area contributed by atoms with Crippen LogP contribution in [0.2, 0.25) is 0 Å². The molecule has 0 spiro atoms. The Labute approximate surface area is 150 Å². The van der Waals surface area contributed by atoms with Crippen LogP contribution >= 0.6 is 11.3 Å². The van der Waals surface area contributed by atoms with Crippen molar-refractivity contribution in [2.75, 3.05) is 56.2 Å². The highest BCUT2D eigenvalue weighted by Gasteiger charge is 2.20. The maximum atomic E-state index is 12.3. The van der Waals surface area contributed by atoms with E-state index in [1.54, 1.807) is 11.3 Å². The van der Waals surface area contributed by atoms with Gasteiger partial charge in [-0.3, -0.25) is 9.69 Å². The van der Waals surface area contributed by atoms with Gasteiger partial charge in [-0.2, -0.15) is 0 Å². The van der Waals surface area contributed by atoms with E-state index >= 15 is 0 Å². The normalized spacial score (nSPS) is 17.4. The lowest BCUT2D eigenvalue weighted by Gasteiger charge is -2.34. The van der Waals surface area contributed by atoms with Gasteiger partial charge >= 0.3 is 0 Å². The zero-order chi connectivity index (χ0) is 17.1. The number of aromatic nitrogens is 1. The summed E-state index contributed by atoms with van der Waals surface area (Å²) in [5.74, 6) is 1.39. The van der Waals surface area contributed by atoms with Gasteiger partial charge in [-0.25, -0.2) is 4.98 Å². The maximum absolute atomic E-state index is 12.3. The minimum Gasteiger partial charge on any atom is -0.486 e. The molecule has 0 aliphatic carbocycles. The zero-order valence-corrected chi connectivity index (χ0v) is 14.6. The molecule has 1 aromatic carbocycles. The summed E-state index contributed by atoms with van der Waals surface area (Å²) < 4.78 is 11.0. The van der Waals surface area contributed by atoms with Crippen LogP contribution in [0.1, 0.15) is 0 Å². The molecule has 3 heterocycles. The van der Waals surface area contributed by atoms with E-state index in [2.05, 4.69) is 20.1 Å². The highest BCUT2D eigenvalue weighted by atomic mass is 32.1. The molecule has 25 heavy (non-hydrogen) atoms. The summed E-state index contributed by atoms with van der Waals surface area (Å²) in [5.41, 5.74) is 0.732. The molecular formula is C17H20N4O3S. The summed E-state index contributed by atoms with van der Waals surface area (Å²) in [6, 6.07) is 5.48. The van der Waals surface area contributed by atoms with Crippen molar-refractivity contribution in [1.29, 1.82) is 0 Å². The number of benzene rings is 1. The van der Waals surface area contributed by atoms with Crippen molar-refractivity contribution < 1.29 is 14.3 Å². The van der Waals surface area contributed by atoms with Gasteiger partial charge < -0.3 is 19.7 Å². The molecule has 2 aliphatic rings. The van der Waals surface area contributed by atoms with Crippen molar-refractivity contribution in [3.05, 3.63) is 29.8 Å². The Morgan fingerprint density at radius 3 is 2.72 bits per heavy atom. The third kappa shape index (κ3) is 3.85. The molecule has 132 valence electrons. The van der Waals surface area contributed by atoms with Crippen LogP contribution in [-0.2, 0) is 4.79 Å². The highest BCUT2D eigenvalue weighted by molar-refractivity contribution is 7.13. The smallest absolute Gasteiger partial charge is 0.238 e. The molecular weight excluding hydrogens is 340 g/mol. The number of fused-ring (bicyclic) bond motifs is 1. The van der Waals surface area contributed by atoms with Crippen molar-refractivity contribution in [2.24, 2.45) is 0 Å². The summed E-state index contributed by atoms with van der Waals surface area (Å²) in [7, 11) is 0. The molecule has 0 bridgehead atoms. The molecule has 8 heteroatoms. The number of piperazine rings is 1. The van der Waals surface area contributed by atoms with Crippen LogP contribution in [0.3, 0.4) is 0 Å². The Kier molecular flexibility index (Phi) is 4.71. The number of thiazole rings is 1. The number of ether oxygens (including phenoxy) is 2. The van der Waals surface area contributed by atoms with Gasteiger partial charge in [0.1, 0.15) is 13.2 Å². The van der Waals surface area contributed by atoms with Gasteiger partial charge in [0.05, 0.1) is 6.54 Å². The van der Waals surface area contributed by atoms with E-state index in [0.29, 0.717) is 25.5 Å². The predicted molar refractivity (Wildman–Crippen MR) is 96.8 cm³/mol. The van der Waals surface area contributed by atoms with Gasteiger partial charge in [0.2, 0.25) is 5.91 Å². The fourth-order valence-electron chi connectivity index (χ4n) is 2.99. The number of hydrogen-bond donors (Lipinski definition) is 1. The number of nitrogens with zero attached hydrogens (tertiary/aromatic N) is 3. The molecule has 4 rings (SSSR count). The molecule has 1 N–H and O–H groups in total. The van der Waals surface area contributed by atoms with Gasteiger partial charge in [-0.1, -0.05) is 0 Å². The quantitative estimate of drug-likeness (QED) is 0.895. The Balaban J connectivity index is 1.28. The average Bonchev–Trinajstić information content (AvgIpc) is 3.17. The van der Waals surface area contributed by atoms with E-state index in [1.165, 1.54) is 0 Å². The van der Waals surface area contributed by atoms with Crippen molar-refractivity contribution in [3.8, 4) is 11.5 Å². The maximum Gasteiger partial charge on any atom is 0.238 e. The van der Waals surface area contributed by atoms with Crippen LogP contribution in [0.4, 0.5) is 10.8 Å². The number of nitrogens with one attached hydrogen (secondary N) is 1. The van der Waals surface area contributed by atoms with Crippen LogP contribution in [-0.4, -0.2) is 61.7 Å². The number of anilines is 2. The lowest BCUT2D eigenvalue weighted by atomic mass is 10.2. The lowest BCUT2D eigenvalue weighted by Crippen LogP contribution is -2.48. The Hall–Kier alpha value is -2.32. The van der Waals surface area contributed by atoms with E-state index in [0.717, 1.165) is 42.7 Å². The number of carbonyl (C=O) groups excluding carboxylic acids is 1. The highest BCUT2D eigenvalue weighted by Crippen LogP contribution is 2.32. The van der Waals surface area contributed by atoms with Crippen LogP contribution in [0.5, 0.6) is 11.5 Å². The number of carbonyl (C=O) groups is 1. The van der Waals surface area contributed by atoms with E-state index in [1.807, 2.05) is 29.8 Å². The minimum absolute atomic E-state index is 0.0145. The van der Waals surface area contributed by atoms with E-state index < -0.39 is 0 Å². The first-order valence-electron chi connectivity index (χ1n) is 8.34. The summed E-state index contributed by atoms with van der Waals surface area (Å²) in [6.07, 6.45) is 1.83. The third-order valence-electron chi connectivity index (χ3n) is 4.26. The third-order valence-corrected chi connectivity index (χ3v) is 5.09. The van der Waals surface area contributed by atoms with Gasteiger partial charge in [-0.15, -0.1) is 11.3 Å². The fourth-order valence-corrected chi connectivity index (χ4v) is 3.69. The van der Waals surface area contributed by atoms with Gasteiger partial charge in [0, 0.05) is 49.5 Å². The number of rotatable bonds is 4. The molecule has 0 atom stereocenters. The minimum atomic E-state index is -0.0145. The standard InChI is InChI=1S/C17H20N4O3S/c22-16(19-13-1-2-14-15(11-13)24-9-8-23-14)12-20-4-6-21(7-5-20)17-18-3-10-25-17/h1-3,10-11H,4-9,12H2,(H,19,22). The molecule has 2 aromatic rings. The molecule has 1 saturated heterocycles. The second-order valence-electron chi connectivity index (χ2n) is 5.98. The number of amides is 1. The summed E-state index contributed by atoms with van der Waals surface area (Å²) in [6.45, 7) is 4.98. The van der Waals surface area contributed by atoms with Gasteiger partial charge in [0.25, 0.3) is 0 Å². The molecule has 2 aliphatic heterocycles. The second kappa shape index (κ2) is 7.28. The lowest BCUT2D eigenvalue weighted by molar-refractivity contribution is -0.117. The summed E-state index contributed by atoms with van der Waals surface area (Å²) in [4.78, 5) is 21.1. The number of hydrogen-bond acceptors (Lipinski definition) is 7. The van der Waals surface area contributed by atoms with E-state index in [-0.39, 0.29) is 5.91 Å². The predicted octanol–water partition coefficient (Wildman–Crippen LogP) is 1.67.